The highest BCUT2D eigenvalue weighted by Crippen LogP contribution is 2.12. The van der Waals surface area contributed by atoms with E-state index in [-0.39, 0.29) is 5.91 Å². The van der Waals surface area contributed by atoms with Crippen molar-refractivity contribution < 1.29 is 9.53 Å². The molecule has 4 nitrogen and oxygen atoms in total. The Hall–Kier alpha value is -1.55. The van der Waals surface area contributed by atoms with Crippen LogP contribution < -0.4 is 15.4 Å². The number of carbonyl (C=O) groups is 1. The summed E-state index contributed by atoms with van der Waals surface area (Å²) in [5.41, 5.74) is 1.16. The number of hydrogen-bond donors (Lipinski definition) is 2. The zero-order valence-corrected chi connectivity index (χ0v) is 12.3. The van der Waals surface area contributed by atoms with Gasteiger partial charge in [-0.1, -0.05) is 12.1 Å². The van der Waals surface area contributed by atoms with Gasteiger partial charge in [0.25, 0.3) is 0 Å². The van der Waals surface area contributed by atoms with Crippen LogP contribution in [0.15, 0.2) is 24.3 Å². The number of piperidine rings is 1. The van der Waals surface area contributed by atoms with Crippen molar-refractivity contribution in [2.24, 2.45) is 0 Å². The molecule has 0 aromatic heterocycles. The minimum Gasteiger partial charge on any atom is -0.493 e. The summed E-state index contributed by atoms with van der Waals surface area (Å²) in [6, 6.07) is 8.67. The first-order valence-electron chi connectivity index (χ1n) is 7.35. The molecule has 1 amide bonds. The molecule has 0 aliphatic carbocycles. The predicted molar refractivity (Wildman–Crippen MR) is 79.9 cm³/mol. The van der Waals surface area contributed by atoms with Crippen LogP contribution in [0.5, 0.6) is 5.75 Å². The van der Waals surface area contributed by atoms with E-state index in [9.17, 15) is 4.79 Å². The van der Waals surface area contributed by atoms with Crippen LogP contribution in [0.4, 0.5) is 0 Å². The molecule has 1 fully saturated rings. The molecule has 1 saturated heterocycles. The van der Waals surface area contributed by atoms with E-state index >= 15 is 0 Å². The summed E-state index contributed by atoms with van der Waals surface area (Å²) in [6.45, 7) is 5.58. The lowest BCUT2D eigenvalue weighted by Crippen LogP contribution is -2.46. The summed E-state index contributed by atoms with van der Waals surface area (Å²) >= 11 is 0. The Morgan fingerprint density at radius 3 is 3.10 bits per heavy atom. The maximum Gasteiger partial charge on any atom is 0.223 e. The summed E-state index contributed by atoms with van der Waals surface area (Å²) < 4.78 is 5.59. The van der Waals surface area contributed by atoms with Gasteiger partial charge in [-0.25, -0.2) is 0 Å². The second kappa shape index (κ2) is 7.29. The van der Waals surface area contributed by atoms with Crippen molar-refractivity contribution in [2.75, 3.05) is 13.2 Å². The average molecular weight is 276 g/mol. The summed E-state index contributed by atoms with van der Waals surface area (Å²) in [5, 5.41) is 6.47. The molecule has 2 atom stereocenters. The standard InChI is InChI=1S/C16H24N2O2/c1-12-4-3-5-15(10-12)20-9-7-16(19)18-14-6-8-17-13(2)11-14/h3-5,10,13-14,17H,6-9,11H2,1-2H3,(H,18,19). The Labute approximate surface area is 120 Å². The molecule has 4 heteroatoms. The SMILES string of the molecule is Cc1cccc(OCCC(=O)NC2CCNC(C)C2)c1. The maximum absolute atomic E-state index is 11.9. The van der Waals surface area contributed by atoms with Crippen LogP contribution in [-0.4, -0.2) is 31.1 Å². The van der Waals surface area contributed by atoms with Crippen LogP contribution in [-0.2, 0) is 4.79 Å². The van der Waals surface area contributed by atoms with Crippen molar-refractivity contribution in [1.29, 1.82) is 0 Å². The van der Waals surface area contributed by atoms with Crippen molar-refractivity contribution >= 4 is 5.91 Å². The fraction of sp³-hybridized carbons (Fsp3) is 0.562. The highest BCUT2D eigenvalue weighted by atomic mass is 16.5. The largest absolute Gasteiger partial charge is 0.493 e. The second-order valence-corrected chi connectivity index (χ2v) is 5.56. The van der Waals surface area contributed by atoms with Crippen molar-refractivity contribution in [3.63, 3.8) is 0 Å². The first kappa shape index (κ1) is 14.9. The Bertz CT molecular complexity index is 448. The second-order valence-electron chi connectivity index (χ2n) is 5.56. The number of nitrogens with one attached hydrogen (secondary N) is 2. The van der Waals surface area contributed by atoms with Gasteiger partial charge < -0.3 is 15.4 Å². The molecule has 2 rings (SSSR count). The fourth-order valence-electron chi connectivity index (χ4n) is 2.53. The van der Waals surface area contributed by atoms with E-state index in [1.807, 2.05) is 31.2 Å². The van der Waals surface area contributed by atoms with Gasteiger partial charge in [0.15, 0.2) is 0 Å². The van der Waals surface area contributed by atoms with E-state index in [1.165, 1.54) is 0 Å². The Balaban J connectivity index is 1.67. The number of rotatable bonds is 5. The molecular weight excluding hydrogens is 252 g/mol. The van der Waals surface area contributed by atoms with Gasteiger partial charge in [0.1, 0.15) is 5.75 Å². The van der Waals surface area contributed by atoms with Gasteiger partial charge >= 0.3 is 0 Å². The van der Waals surface area contributed by atoms with Crippen LogP contribution >= 0.6 is 0 Å². The molecule has 0 radical (unpaired) electrons. The zero-order chi connectivity index (χ0) is 14.4. The number of hydrogen-bond acceptors (Lipinski definition) is 3. The first-order valence-corrected chi connectivity index (χ1v) is 7.35. The van der Waals surface area contributed by atoms with Gasteiger partial charge in [0.2, 0.25) is 5.91 Å². The minimum atomic E-state index is 0.0803. The molecule has 110 valence electrons. The lowest BCUT2D eigenvalue weighted by atomic mass is 10.0. The molecule has 20 heavy (non-hydrogen) atoms. The van der Waals surface area contributed by atoms with E-state index in [1.54, 1.807) is 0 Å². The van der Waals surface area contributed by atoms with Gasteiger partial charge in [0.05, 0.1) is 13.0 Å². The summed E-state index contributed by atoms with van der Waals surface area (Å²) in [5.74, 6) is 0.907. The molecule has 0 bridgehead atoms. The Morgan fingerprint density at radius 1 is 1.50 bits per heavy atom. The maximum atomic E-state index is 11.9. The van der Waals surface area contributed by atoms with Gasteiger partial charge in [-0.2, -0.15) is 0 Å². The van der Waals surface area contributed by atoms with Crippen LogP contribution in [0.3, 0.4) is 0 Å². The quantitative estimate of drug-likeness (QED) is 0.865. The third-order valence-corrected chi connectivity index (χ3v) is 3.58. The molecule has 2 N–H and O–H groups in total. The molecule has 1 aliphatic heterocycles. The van der Waals surface area contributed by atoms with Crippen molar-refractivity contribution in [3.05, 3.63) is 29.8 Å². The molecule has 1 aromatic rings. The monoisotopic (exact) mass is 276 g/mol. The molecule has 1 aliphatic rings. The number of ether oxygens (including phenoxy) is 1. The fourth-order valence-corrected chi connectivity index (χ4v) is 2.53. The molecule has 1 heterocycles. The first-order chi connectivity index (χ1) is 9.63. The molecular formula is C16H24N2O2. The van der Waals surface area contributed by atoms with Gasteiger partial charge in [0, 0.05) is 12.1 Å². The normalized spacial score (nSPS) is 22.3. The van der Waals surface area contributed by atoms with E-state index in [2.05, 4.69) is 17.6 Å². The third kappa shape index (κ3) is 4.85. The highest BCUT2D eigenvalue weighted by Gasteiger charge is 2.19. The van der Waals surface area contributed by atoms with Crippen molar-refractivity contribution in [1.82, 2.24) is 10.6 Å². The van der Waals surface area contributed by atoms with Crippen LogP contribution in [0, 0.1) is 6.92 Å². The minimum absolute atomic E-state index is 0.0803. The zero-order valence-electron chi connectivity index (χ0n) is 12.3. The van der Waals surface area contributed by atoms with Gasteiger partial charge in [-0.15, -0.1) is 0 Å². The number of amides is 1. The molecule has 0 spiro atoms. The molecule has 1 aromatic carbocycles. The summed E-state index contributed by atoms with van der Waals surface area (Å²) in [6.07, 6.45) is 2.42. The lowest BCUT2D eigenvalue weighted by molar-refractivity contribution is -0.122. The Kier molecular flexibility index (Phi) is 5.41. The lowest BCUT2D eigenvalue weighted by Gasteiger charge is -2.28. The van der Waals surface area contributed by atoms with E-state index < -0.39 is 0 Å². The summed E-state index contributed by atoms with van der Waals surface area (Å²) in [7, 11) is 0. The highest BCUT2D eigenvalue weighted by molar-refractivity contribution is 5.76. The van der Waals surface area contributed by atoms with Crippen LogP contribution in [0.2, 0.25) is 0 Å². The van der Waals surface area contributed by atoms with Crippen molar-refractivity contribution in [2.45, 2.75) is 45.2 Å². The van der Waals surface area contributed by atoms with E-state index in [4.69, 9.17) is 4.74 Å². The topological polar surface area (TPSA) is 50.4 Å². The Morgan fingerprint density at radius 2 is 2.35 bits per heavy atom. The van der Waals surface area contributed by atoms with Crippen LogP contribution in [0.25, 0.3) is 0 Å². The summed E-state index contributed by atoms with van der Waals surface area (Å²) in [4.78, 5) is 11.9. The van der Waals surface area contributed by atoms with Crippen molar-refractivity contribution in [3.8, 4) is 5.75 Å². The van der Waals surface area contributed by atoms with Gasteiger partial charge in [-0.05, 0) is 50.9 Å². The number of aryl methyl sites for hydroxylation is 1. The molecule has 0 saturated carbocycles. The number of benzene rings is 1. The van der Waals surface area contributed by atoms with E-state index in [0.717, 1.165) is 30.7 Å². The van der Waals surface area contributed by atoms with E-state index in [0.29, 0.717) is 25.1 Å². The van der Waals surface area contributed by atoms with Gasteiger partial charge in [-0.3, -0.25) is 4.79 Å². The molecule has 2 unspecified atom stereocenters. The van der Waals surface area contributed by atoms with Crippen LogP contribution in [0.1, 0.15) is 31.7 Å². The predicted octanol–water partition coefficient (Wildman–Crippen LogP) is 2.02. The average Bonchev–Trinajstić information content (AvgIpc) is 2.38. The number of carbonyl (C=O) groups excluding carboxylic acids is 1. The third-order valence-electron chi connectivity index (χ3n) is 3.58. The smallest absolute Gasteiger partial charge is 0.223 e.